The number of halogens is 1. The van der Waals surface area contributed by atoms with Crippen LogP contribution in [0.1, 0.15) is 85.0 Å². The summed E-state index contributed by atoms with van der Waals surface area (Å²) in [6.07, 6.45) is 10.8. The first-order valence-corrected chi connectivity index (χ1v) is 12.3. The maximum Gasteiger partial charge on any atom is 0.305 e. The average molecular weight is 437 g/mol. The van der Waals surface area contributed by atoms with Gasteiger partial charge in [0.05, 0.1) is 17.2 Å². The highest BCUT2D eigenvalue weighted by molar-refractivity contribution is 6.42. The van der Waals surface area contributed by atoms with Crippen LogP contribution in [0.2, 0.25) is 0 Å². The highest BCUT2D eigenvalue weighted by Gasteiger charge is 2.64. The van der Waals surface area contributed by atoms with Gasteiger partial charge in [-0.1, -0.05) is 38.4 Å². The van der Waals surface area contributed by atoms with Crippen molar-refractivity contribution >= 4 is 23.4 Å². The number of ketones is 1. The van der Waals surface area contributed by atoms with Crippen molar-refractivity contribution < 1.29 is 19.4 Å². The predicted molar refractivity (Wildman–Crippen MR) is 117 cm³/mol. The number of carbonyl (C=O) groups is 2. The van der Waals surface area contributed by atoms with Gasteiger partial charge in [-0.25, -0.2) is 0 Å². The molecule has 0 aromatic heterocycles. The largest absolute Gasteiger partial charge is 0.466 e. The minimum atomic E-state index is -0.672. The van der Waals surface area contributed by atoms with Crippen molar-refractivity contribution in [3.8, 4) is 0 Å². The molecule has 0 heterocycles. The lowest BCUT2D eigenvalue weighted by molar-refractivity contribution is -0.149. The first-order valence-electron chi connectivity index (χ1n) is 11.9. The zero-order valence-corrected chi connectivity index (χ0v) is 19.5. The van der Waals surface area contributed by atoms with E-state index in [1.54, 1.807) is 6.92 Å². The van der Waals surface area contributed by atoms with E-state index in [0.29, 0.717) is 54.6 Å². The molecule has 3 fully saturated rings. The molecule has 4 nitrogen and oxygen atoms in total. The zero-order chi connectivity index (χ0) is 21.7. The molecule has 4 rings (SSSR count). The Morgan fingerprint density at radius 1 is 1.20 bits per heavy atom. The number of ether oxygens (including phenoxy) is 1. The van der Waals surface area contributed by atoms with Gasteiger partial charge in [-0.15, -0.1) is 0 Å². The third kappa shape index (κ3) is 3.37. The zero-order valence-electron chi connectivity index (χ0n) is 18.7. The third-order valence-corrected chi connectivity index (χ3v) is 10.0. The Kier molecular flexibility index (Phi) is 5.89. The summed E-state index contributed by atoms with van der Waals surface area (Å²) in [6.45, 7) is 6.84. The van der Waals surface area contributed by atoms with E-state index in [-0.39, 0.29) is 22.6 Å². The van der Waals surface area contributed by atoms with Crippen molar-refractivity contribution in [1.29, 1.82) is 0 Å². The van der Waals surface area contributed by atoms with Crippen LogP contribution < -0.4 is 0 Å². The second-order valence-electron chi connectivity index (χ2n) is 10.8. The number of esters is 1. The summed E-state index contributed by atoms with van der Waals surface area (Å²) in [5.41, 5.74) is -0.747. The first-order chi connectivity index (χ1) is 14.1. The molecule has 1 N–H and O–H groups in total. The Bertz CT molecular complexity index is 747. The van der Waals surface area contributed by atoms with Crippen LogP contribution in [0.3, 0.4) is 0 Å². The maximum absolute atomic E-state index is 12.2. The Morgan fingerprint density at radius 3 is 2.67 bits per heavy atom. The molecule has 0 spiro atoms. The number of rotatable bonds is 5. The van der Waals surface area contributed by atoms with E-state index in [4.69, 9.17) is 16.3 Å². The van der Waals surface area contributed by atoms with Gasteiger partial charge >= 0.3 is 5.97 Å². The lowest BCUT2D eigenvalue weighted by atomic mass is 9.45. The molecule has 0 aliphatic heterocycles. The lowest BCUT2D eigenvalue weighted by Crippen LogP contribution is -2.56. The topological polar surface area (TPSA) is 63.6 Å². The van der Waals surface area contributed by atoms with Crippen LogP contribution in [0, 0.1) is 34.5 Å². The molecular formula is C25H37ClO4. The molecule has 4 aliphatic rings. The van der Waals surface area contributed by atoms with Crippen LogP contribution >= 0.6 is 11.6 Å². The lowest BCUT2D eigenvalue weighted by Gasteiger charge is -2.60. The van der Waals surface area contributed by atoms with Crippen molar-refractivity contribution in [3.63, 3.8) is 0 Å². The van der Waals surface area contributed by atoms with E-state index < -0.39 is 5.60 Å². The van der Waals surface area contributed by atoms with Crippen molar-refractivity contribution in [2.75, 3.05) is 6.61 Å². The van der Waals surface area contributed by atoms with E-state index in [0.717, 1.165) is 44.9 Å². The predicted octanol–water partition coefficient (Wildman–Crippen LogP) is 5.41. The number of allylic oxidation sites excluding steroid dienone is 2. The van der Waals surface area contributed by atoms with Crippen molar-refractivity contribution in [1.82, 2.24) is 0 Å². The molecule has 5 heteroatoms. The van der Waals surface area contributed by atoms with Gasteiger partial charge in [0, 0.05) is 12.8 Å². The monoisotopic (exact) mass is 436 g/mol. The average Bonchev–Trinajstić information content (AvgIpc) is 2.97. The molecular weight excluding hydrogens is 400 g/mol. The summed E-state index contributed by atoms with van der Waals surface area (Å²) in [5, 5.41) is 12.2. The third-order valence-electron chi connectivity index (χ3n) is 9.71. The Balaban J connectivity index is 1.50. The minimum absolute atomic E-state index is 0.00427. The molecule has 2 unspecified atom stereocenters. The summed E-state index contributed by atoms with van der Waals surface area (Å²) in [6, 6.07) is 0. The quantitative estimate of drug-likeness (QED) is 0.462. The second-order valence-corrected chi connectivity index (χ2v) is 11.2. The highest BCUT2D eigenvalue weighted by Crippen LogP contribution is 2.68. The Morgan fingerprint density at radius 2 is 1.93 bits per heavy atom. The molecule has 0 aromatic carbocycles. The van der Waals surface area contributed by atoms with Crippen LogP contribution in [0.15, 0.2) is 11.1 Å². The van der Waals surface area contributed by atoms with Gasteiger partial charge in [-0.05, 0) is 85.9 Å². The molecule has 0 amide bonds. The van der Waals surface area contributed by atoms with Gasteiger partial charge < -0.3 is 9.84 Å². The normalized spacial score (nSPS) is 45.2. The summed E-state index contributed by atoms with van der Waals surface area (Å²) < 4.78 is 5.25. The van der Waals surface area contributed by atoms with Crippen LogP contribution in [-0.4, -0.2) is 29.1 Å². The van der Waals surface area contributed by atoms with Crippen LogP contribution in [0.5, 0.6) is 0 Å². The van der Waals surface area contributed by atoms with Gasteiger partial charge in [0.1, 0.15) is 0 Å². The SMILES string of the molecule is CCC(=O)OCCCC1(O)CC[C@H]2[C@@H]3CCC4CC(=O)C(Cl)=C[C@]4(C)[C@@H]3CC[C@@]21C. The van der Waals surface area contributed by atoms with Gasteiger partial charge in [0.2, 0.25) is 0 Å². The summed E-state index contributed by atoms with van der Waals surface area (Å²) in [5.74, 6) is 2.00. The molecule has 0 bridgehead atoms. The molecule has 3 saturated carbocycles. The van der Waals surface area contributed by atoms with Crippen LogP contribution in [0.25, 0.3) is 0 Å². The van der Waals surface area contributed by atoms with E-state index in [9.17, 15) is 14.7 Å². The number of hydrogen-bond acceptors (Lipinski definition) is 4. The standard InChI is InChI=1S/C25H37ClO4/c1-4-22(28)30-13-5-10-25(29)12-9-19-17-7-6-16-14-21(27)20(26)15-23(16,2)18(17)8-11-24(19,25)3/h15-19,29H,4-14H2,1-3H3/t16?,17-,18-,19+,23+,24+,25?/m1/s1. The summed E-state index contributed by atoms with van der Waals surface area (Å²) in [7, 11) is 0. The number of carbonyl (C=O) groups excluding carboxylic acids is 2. The Labute approximate surface area is 185 Å². The fourth-order valence-electron chi connectivity index (χ4n) is 7.86. The number of aliphatic hydroxyl groups is 1. The van der Waals surface area contributed by atoms with Crippen LogP contribution in [0.4, 0.5) is 0 Å². The Hall–Kier alpha value is -0.870. The molecule has 168 valence electrons. The number of Topliss-reactive ketones (excluding diaryl/α,β-unsaturated/α-hetero) is 1. The fraction of sp³-hybridized carbons (Fsp3) is 0.840. The van der Waals surface area contributed by atoms with Gasteiger partial charge in [-0.3, -0.25) is 9.59 Å². The van der Waals surface area contributed by atoms with E-state index in [2.05, 4.69) is 19.9 Å². The minimum Gasteiger partial charge on any atom is -0.466 e. The molecule has 0 aromatic rings. The summed E-state index contributed by atoms with van der Waals surface area (Å²) >= 11 is 6.33. The van der Waals surface area contributed by atoms with E-state index in [1.807, 2.05) is 0 Å². The second kappa shape index (κ2) is 7.92. The molecule has 30 heavy (non-hydrogen) atoms. The smallest absolute Gasteiger partial charge is 0.305 e. The molecule has 0 radical (unpaired) electrons. The number of fused-ring (bicyclic) bond motifs is 5. The van der Waals surface area contributed by atoms with Crippen LogP contribution in [-0.2, 0) is 14.3 Å². The van der Waals surface area contributed by atoms with E-state index in [1.165, 1.54) is 0 Å². The van der Waals surface area contributed by atoms with Gasteiger partial charge in [0.15, 0.2) is 5.78 Å². The molecule has 7 atom stereocenters. The molecule has 4 aliphatic carbocycles. The van der Waals surface area contributed by atoms with Crippen molar-refractivity contribution in [3.05, 3.63) is 11.1 Å². The maximum atomic E-state index is 12.2. The summed E-state index contributed by atoms with van der Waals surface area (Å²) in [4.78, 5) is 23.6. The van der Waals surface area contributed by atoms with E-state index >= 15 is 0 Å². The van der Waals surface area contributed by atoms with Gasteiger partial charge in [-0.2, -0.15) is 0 Å². The van der Waals surface area contributed by atoms with Crippen molar-refractivity contribution in [2.24, 2.45) is 34.5 Å². The van der Waals surface area contributed by atoms with Gasteiger partial charge in [0.25, 0.3) is 0 Å². The molecule has 0 saturated heterocycles. The first kappa shape index (κ1) is 22.3. The number of hydrogen-bond donors (Lipinski definition) is 1. The fourth-order valence-corrected chi connectivity index (χ4v) is 8.18. The highest BCUT2D eigenvalue weighted by atomic mass is 35.5. The van der Waals surface area contributed by atoms with Crippen molar-refractivity contribution in [2.45, 2.75) is 90.6 Å².